The molecule has 5 rings (SSSR count). The molecule has 3 aromatic rings. The Hall–Kier alpha value is -3.26. The van der Waals surface area contributed by atoms with Gasteiger partial charge >= 0.3 is 0 Å². The van der Waals surface area contributed by atoms with Crippen LogP contribution in [0.4, 0.5) is 8.78 Å². The monoisotopic (exact) mass is 593 g/mol. The summed E-state index contributed by atoms with van der Waals surface area (Å²) in [6.07, 6.45) is 5.96. The van der Waals surface area contributed by atoms with Crippen LogP contribution < -0.4 is 10.1 Å². The smallest absolute Gasteiger partial charge is 0.251 e. The number of hydrogen-bond donors (Lipinski definition) is 1. The van der Waals surface area contributed by atoms with E-state index < -0.39 is 11.6 Å². The molecule has 2 heterocycles. The third-order valence-electron chi connectivity index (χ3n) is 8.15. The van der Waals surface area contributed by atoms with Gasteiger partial charge < -0.3 is 10.1 Å². The van der Waals surface area contributed by atoms with Gasteiger partial charge in [-0.05, 0) is 91.3 Å². The molecule has 0 saturated carbocycles. The first-order valence-electron chi connectivity index (χ1n) is 14.7. The number of likely N-dealkylation sites (tertiary alicyclic amines) is 2. The normalized spacial score (nSPS) is 17.2. The number of hydrogen-bond acceptors (Lipinski definition) is 4. The molecule has 0 spiro atoms. The summed E-state index contributed by atoms with van der Waals surface area (Å²) in [4.78, 5) is 17.8. The summed E-state index contributed by atoms with van der Waals surface area (Å²) in [5.74, 6) is -0.918. The molecule has 1 amide bonds. The topological polar surface area (TPSA) is 44.8 Å². The molecule has 1 N–H and O–H groups in total. The van der Waals surface area contributed by atoms with Crippen molar-refractivity contribution in [2.75, 3.05) is 26.2 Å². The van der Waals surface area contributed by atoms with Crippen LogP contribution in [-0.4, -0.2) is 54.0 Å². The molecule has 2 aliphatic rings. The van der Waals surface area contributed by atoms with Crippen LogP contribution in [0.2, 0.25) is 5.02 Å². The molecule has 0 unspecified atom stereocenters. The quantitative estimate of drug-likeness (QED) is 0.263. The fraction of sp³-hybridized carbons (Fsp3) is 0.382. The molecule has 0 atom stereocenters. The van der Waals surface area contributed by atoms with Crippen molar-refractivity contribution in [1.82, 2.24) is 15.1 Å². The van der Waals surface area contributed by atoms with Gasteiger partial charge in [-0.3, -0.25) is 14.6 Å². The minimum Gasteiger partial charge on any atom is -0.490 e. The number of halogens is 3. The Morgan fingerprint density at radius 3 is 2.19 bits per heavy atom. The average molecular weight is 594 g/mol. The standard InChI is InChI=1S/C34H38ClF2N3O2/c1-2-3-26-21-27(34(41)38-29-12-16-39(17-13-29)22-24-4-8-28(35)9-5-24)7-11-33(26)42-30-14-18-40(19-15-30)23-25-6-10-31(36)32(37)20-25/h2,4-11,20-21,29-30H,1,3,12-19,22-23H2,(H,38,41). The lowest BCUT2D eigenvalue weighted by Gasteiger charge is -2.33. The Labute approximate surface area is 252 Å². The van der Waals surface area contributed by atoms with E-state index in [1.165, 1.54) is 17.7 Å². The molecular formula is C34H38ClF2N3O2. The Bertz CT molecular complexity index is 1370. The minimum atomic E-state index is -0.823. The first kappa shape index (κ1) is 30.2. The summed E-state index contributed by atoms with van der Waals surface area (Å²) < 4.78 is 33.2. The molecule has 0 bridgehead atoms. The van der Waals surface area contributed by atoms with E-state index in [-0.39, 0.29) is 18.1 Å². The van der Waals surface area contributed by atoms with E-state index in [1.807, 2.05) is 36.4 Å². The number of nitrogens with one attached hydrogen (secondary N) is 1. The summed E-state index contributed by atoms with van der Waals surface area (Å²) in [6.45, 7) is 8.83. The van der Waals surface area contributed by atoms with E-state index in [9.17, 15) is 13.6 Å². The van der Waals surface area contributed by atoms with Gasteiger partial charge in [-0.1, -0.05) is 35.9 Å². The van der Waals surface area contributed by atoms with Crippen molar-refractivity contribution in [3.63, 3.8) is 0 Å². The summed E-state index contributed by atoms with van der Waals surface area (Å²) >= 11 is 6.00. The van der Waals surface area contributed by atoms with Crippen LogP contribution in [0.5, 0.6) is 5.75 Å². The number of ether oxygens (including phenoxy) is 1. The van der Waals surface area contributed by atoms with Gasteiger partial charge in [0.2, 0.25) is 0 Å². The van der Waals surface area contributed by atoms with Crippen LogP contribution >= 0.6 is 11.6 Å². The van der Waals surface area contributed by atoms with Gasteiger partial charge in [-0.2, -0.15) is 0 Å². The highest BCUT2D eigenvalue weighted by Crippen LogP contribution is 2.26. The highest BCUT2D eigenvalue weighted by molar-refractivity contribution is 6.30. The third-order valence-corrected chi connectivity index (χ3v) is 8.40. The number of rotatable bonds is 10. The SMILES string of the molecule is C=CCc1cc(C(=O)NC2CCN(Cc3ccc(Cl)cc3)CC2)ccc1OC1CCN(Cc2ccc(F)c(F)c2)CC1. The van der Waals surface area contributed by atoms with Crippen LogP contribution in [0.15, 0.2) is 73.3 Å². The number of benzene rings is 3. The number of nitrogens with zero attached hydrogens (tertiary/aromatic N) is 2. The van der Waals surface area contributed by atoms with Gasteiger partial charge in [-0.25, -0.2) is 8.78 Å². The largest absolute Gasteiger partial charge is 0.490 e. The van der Waals surface area contributed by atoms with Gasteiger partial charge in [0.25, 0.3) is 5.91 Å². The van der Waals surface area contributed by atoms with E-state index in [4.69, 9.17) is 16.3 Å². The fourth-order valence-corrected chi connectivity index (χ4v) is 5.89. The Morgan fingerprint density at radius 2 is 1.52 bits per heavy atom. The van der Waals surface area contributed by atoms with Crippen molar-refractivity contribution in [1.29, 1.82) is 0 Å². The molecule has 222 valence electrons. The van der Waals surface area contributed by atoms with Crippen molar-refractivity contribution >= 4 is 17.5 Å². The van der Waals surface area contributed by atoms with Gasteiger partial charge in [0.1, 0.15) is 11.9 Å². The fourth-order valence-electron chi connectivity index (χ4n) is 5.76. The number of piperidine rings is 2. The average Bonchev–Trinajstić information content (AvgIpc) is 2.99. The first-order valence-corrected chi connectivity index (χ1v) is 15.1. The predicted molar refractivity (Wildman–Crippen MR) is 163 cm³/mol. The third kappa shape index (κ3) is 8.18. The highest BCUT2D eigenvalue weighted by atomic mass is 35.5. The van der Waals surface area contributed by atoms with Crippen molar-refractivity contribution in [2.24, 2.45) is 0 Å². The van der Waals surface area contributed by atoms with Gasteiger partial charge in [0, 0.05) is 55.9 Å². The predicted octanol–water partition coefficient (Wildman–Crippen LogP) is 6.78. The number of allylic oxidation sites excluding steroid dienone is 1. The molecule has 42 heavy (non-hydrogen) atoms. The van der Waals surface area contributed by atoms with Crippen molar-refractivity contribution in [3.05, 3.63) is 112 Å². The van der Waals surface area contributed by atoms with Crippen LogP contribution in [0.25, 0.3) is 0 Å². The van der Waals surface area contributed by atoms with Gasteiger partial charge in [0.05, 0.1) is 0 Å². The molecule has 0 aromatic heterocycles. The van der Waals surface area contributed by atoms with Crippen LogP contribution in [0, 0.1) is 11.6 Å². The van der Waals surface area contributed by atoms with E-state index in [0.29, 0.717) is 18.5 Å². The maximum Gasteiger partial charge on any atom is 0.251 e. The molecular weight excluding hydrogens is 556 g/mol. The number of carbonyl (C=O) groups is 1. The Morgan fingerprint density at radius 1 is 0.881 bits per heavy atom. The molecule has 8 heteroatoms. The zero-order chi connectivity index (χ0) is 29.5. The minimum absolute atomic E-state index is 0.0486. The first-order chi connectivity index (χ1) is 20.4. The lowest BCUT2D eigenvalue weighted by atomic mass is 10.0. The Balaban J connectivity index is 1.11. The van der Waals surface area contributed by atoms with Gasteiger partial charge in [-0.15, -0.1) is 6.58 Å². The lowest BCUT2D eigenvalue weighted by Crippen LogP contribution is -2.44. The molecule has 3 aromatic carbocycles. The van der Waals surface area contributed by atoms with E-state index in [1.54, 1.807) is 6.07 Å². The second-order valence-electron chi connectivity index (χ2n) is 11.3. The van der Waals surface area contributed by atoms with Crippen molar-refractivity contribution in [3.8, 4) is 5.75 Å². The molecule has 5 nitrogen and oxygen atoms in total. The molecule has 2 fully saturated rings. The zero-order valence-electron chi connectivity index (χ0n) is 23.8. The summed E-state index contributed by atoms with van der Waals surface area (Å²) in [7, 11) is 0. The number of amides is 1. The Kier molecular flexibility index (Phi) is 10.3. The zero-order valence-corrected chi connectivity index (χ0v) is 24.6. The maximum absolute atomic E-state index is 13.6. The van der Waals surface area contributed by atoms with Crippen molar-refractivity contribution < 1.29 is 18.3 Å². The maximum atomic E-state index is 13.6. The summed E-state index contributed by atoms with van der Waals surface area (Å²) in [5, 5.41) is 3.98. The van der Waals surface area contributed by atoms with Crippen LogP contribution in [0.3, 0.4) is 0 Å². The molecule has 0 radical (unpaired) electrons. The lowest BCUT2D eigenvalue weighted by molar-refractivity contribution is 0.0907. The summed E-state index contributed by atoms with van der Waals surface area (Å²) in [5.41, 5.74) is 3.58. The van der Waals surface area contributed by atoms with Crippen LogP contribution in [-0.2, 0) is 19.5 Å². The number of carbonyl (C=O) groups excluding carboxylic acids is 1. The second-order valence-corrected chi connectivity index (χ2v) is 11.7. The molecule has 2 saturated heterocycles. The van der Waals surface area contributed by atoms with E-state index in [0.717, 1.165) is 80.3 Å². The molecule has 0 aliphatic carbocycles. The van der Waals surface area contributed by atoms with Crippen molar-refractivity contribution in [2.45, 2.75) is 57.3 Å². The van der Waals surface area contributed by atoms with E-state index in [2.05, 4.69) is 33.8 Å². The molecule has 2 aliphatic heterocycles. The highest BCUT2D eigenvalue weighted by Gasteiger charge is 2.24. The van der Waals surface area contributed by atoms with Crippen LogP contribution in [0.1, 0.15) is 52.7 Å². The van der Waals surface area contributed by atoms with Gasteiger partial charge in [0.15, 0.2) is 11.6 Å². The second kappa shape index (κ2) is 14.3. The van der Waals surface area contributed by atoms with E-state index >= 15 is 0 Å². The summed E-state index contributed by atoms with van der Waals surface area (Å²) in [6, 6.07) is 17.8.